The van der Waals surface area contributed by atoms with Gasteiger partial charge in [0.05, 0.1) is 19.8 Å². The van der Waals surface area contributed by atoms with Crippen LogP contribution in [0, 0.1) is 0 Å². The Balaban J connectivity index is 2.86. The number of carbonyl (C=O) groups excluding carboxylic acids is 4. The molecule has 1 amide bonds. The third-order valence-electron chi connectivity index (χ3n) is 12.2. The quantitative estimate of drug-likeness (QED) is 0.0279. The zero-order valence-corrected chi connectivity index (χ0v) is 41.1. The molecule has 63 heavy (non-hydrogen) atoms. The Morgan fingerprint density at radius 3 is 1.11 bits per heavy atom. The van der Waals surface area contributed by atoms with Gasteiger partial charge < -0.3 is 24.4 Å². The van der Waals surface area contributed by atoms with Crippen LogP contribution in [0.2, 0.25) is 0 Å². The summed E-state index contributed by atoms with van der Waals surface area (Å²) in [6.45, 7) is 10.4. The molecule has 1 fully saturated rings. The zero-order valence-electron chi connectivity index (χ0n) is 41.1. The lowest BCUT2D eigenvalue weighted by atomic mass is 9.83. The van der Waals surface area contributed by atoms with Crippen LogP contribution >= 0.6 is 0 Å². The first-order chi connectivity index (χ1) is 30.8. The molecule has 0 atom stereocenters. The van der Waals surface area contributed by atoms with Gasteiger partial charge in [-0.25, -0.2) is 0 Å². The van der Waals surface area contributed by atoms with Gasteiger partial charge in [0.15, 0.2) is 0 Å². The van der Waals surface area contributed by atoms with E-state index >= 15 is 0 Å². The molecule has 0 aromatic heterocycles. The van der Waals surface area contributed by atoms with Crippen molar-refractivity contribution in [3.8, 4) is 0 Å². The lowest BCUT2D eigenvalue weighted by Crippen LogP contribution is -2.50. The molecule has 0 spiro atoms. The average Bonchev–Trinajstić information content (AvgIpc) is 3.29. The molecule has 0 bridgehead atoms. The third-order valence-corrected chi connectivity index (χ3v) is 12.2. The number of hydrogen-bond acceptors (Lipinski definition) is 8. The van der Waals surface area contributed by atoms with Crippen LogP contribution in [-0.4, -0.2) is 73.7 Å². The van der Waals surface area contributed by atoms with Crippen LogP contribution in [0.1, 0.15) is 239 Å². The van der Waals surface area contributed by atoms with Gasteiger partial charge in [0.25, 0.3) is 0 Å². The van der Waals surface area contributed by atoms with Crippen LogP contribution in [0.3, 0.4) is 0 Å². The van der Waals surface area contributed by atoms with Gasteiger partial charge in [-0.2, -0.15) is 0 Å². The van der Waals surface area contributed by atoms with E-state index in [1.165, 1.54) is 83.5 Å². The van der Waals surface area contributed by atoms with Crippen LogP contribution in [0.25, 0.3) is 0 Å². The van der Waals surface area contributed by atoms with Crippen LogP contribution in [-0.2, 0) is 33.4 Å². The minimum Gasteiger partial charge on any atom is -0.466 e. The number of allylic oxidation sites excluding steroid dienone is 6. The zero-order chi connectivity index (χ0) is 45.7. The number of amides is 1. The number of ether oxygens (including phenoxy) is 3. The predicted molar refractivity (Wildman–Crippen MR) is 262 cm³/mol. The number of rotatable bonds is 43. The summed E-state index contributed by atoms with van der Waals surface area (Å²) in [6.07, 6.45) is 44.9. The largest absolute Gasteiger partial charge is 0.466 e. The van der Waals surface area contributed by atoms with Crippen molar-refractivity contribution in [2.75, 3.05) is 39.5 Å². The Hall–Kier alpha value is -2.94. The Kier molecular flexibility index (Phi) is 39.6. The van der Waals surface area contributed by atoms with Crippen molar-refractivity contribution in [3.63, 3.8) is 0 Å². The van der Waals surface area contributed by atoms with E-state index in [-0.39, 0.29) is 62.3 Å². The van der Waals surface area contributed by atoms with Gasteiger partial charge >= 0.3 is 17.9 Å². The fourth-order valence-electron chi connectivity index (χ4n) is 8.03. The van der Waals surface area contributed by atoms with Gasteiger partial charge in [-0.1, -0.05) is 121 Å². The highest BCUT2D eigenvalue weighted by Gasteiger charge is 2.34. The molecule has 1 N–H and O–H groups in total. The first-order valence-corrected chi connectivity index (χ1v) is 26.3. The van der Waals surface area contributed by atoms with Crippen molar-refractivity contribution in [3.05, 3.63) is 36.5 Å². The summed E-state index contributed by atoms with van der Waals surface area (Å²) < 4.78 is 17.0. The van der Waals surface area contributed by atoms with Crippen LogP contribution in [0.4, 0.5) is 0 Å². The summed E-state index contributed by atoms with van der Waals surface area (Å²) in [5, 5.41) is 3.26. The van der Waals surface area contributed by atoms with E-state index in [1.54, 1.807) is 0 Å². The molecular weight excluding hydrogens is 789 g/mol. The summed E-state index contributed by atoms with van der Waals surface area (Å²) in [5.74, 6) is -1.12. The molecule has 9 nitrogen and oxygen atoms in total. The highest BCUT2D eigenvalue weighted by atomic mass is 16.5. The molecule has 0 aliphatic carbocycles. The maximum atomic E-state index is 13.7. The summed E-state index contributed by atoms with van der Waals surface area (Å²) in [4.78, 5) is 55.5. The van der Waals surface area contributed by atoms with Crippen LogP contribution in [0.15, 0.2) is 36.5 Å². The Morgan fingerprint density at radius 1 is 0.444 bits per heavy atom. The summed E-state index contributed by atoms with van der Waals surface area (Å²) in [5.41, 5.74) is -0.970. The predicted octanol–water partition coefficient (Wildman–Crippen LogP) is 13.8. The standard InChI is InChI=1S/C54H96N2O7/c1-4-7-10-13-16-19-22-25-28-34-47-61-51(58)37-41-54(55-50(57)40-46-56-44-32-31-33-45-56,42-38-52(59)62-48-35-29-26-23-20-17-14-11-8-5-2)43-39-53(60)63-49-36-30-27-24-21-18-15-12-9-6-3/h19-24H,4-18,25-49H2,1-3H3,(H,55,57)/b22-19-,23-20-,24-21-. The molecule has 0 aromatic rings. The second-order valence-corrected chi connectivity index (χ2v) is 18.1. The molecule has 0 unspecified atom stereocenters. The van der Waals surface area contributed by atoms with Crippen molar-refractivity contribution in [1.82, 2.24) is 10.2 Å². The van der Waals surface area contributed by atoms with Gasteiger partial charge in [0.2, 0.25) is 5.91 Å². The molecular formula is C54H96N2O7. The number of nitrogens with zero attached hydrogens (tertiary/aromatic N) is 1. The lowest BCUT2D eigenvalue weighted by Gasteiger charge is -2.35. The van der Waals surface area contributed by atoms with Gasteiger partial charge in [-0.3, -0.25) is 19.2 Å². The SMILES string of the molecule is CCCCCC/C=C\CCCCOC(=O)CCC(CCC(=O)OCCCC/C=C\CCCCCC)(CCC(=O)OCCCC/C=C\CCCCCC)NC(=O)CCN1CCCCC1. The van der Waals surface area contributed by atoms with Crippen molar-refractivity contribution >= 4 is 23.8 Å². The van der Waals surface area contributed by atoms with Gasteiger partial charge in [-0.15, -0.1) is 0 Å². The van der Waals surface area contributed by atoms with E-state index in [0.717, 1.165) is 103 Å². The van der Waals surface area contributed by atoms with E-state index in [0.29, 0.717) is 32.8 Å². The first kappa shape index (κ1) is 58.1. The molecule has 1 aliphatic heterocycles. The van der Waals surface area contributed by atoms with Crippen LogP contribution in [0.5, 0.6) is 0 Å². The third kappa shape index (κ3) is 37.0. The smallest absolute Gasteiger partial charge is 0.305 e. The molecule has 1 heterocycles. The summed E-state index contributed by atoms with van der Waals surface area (Å²) in [6, 6.07) is 0. The van der Waals surface area contributed by atoms with Crippen molar-refractivity contribution in [2.45, 2.75) is 245 Å². The number of esters is 3. The minimum atomic E-state index is -0.970. The normalized spacial score (nSPS) is 13.6. The fourth-order valence-corrected chi connectivity index (χ4v) is 8.03. The Labute approximate surface area is 386 Å². The average molecular weight is 885 g/mol. The highest BCUT2D eigenvalue weighted by molar-refractivity contribution is 5.78. The van der Waals surface area contributed by atoms with Gasteiger partial charge in [0.1, 0.15) is 0 Å². The number of hydrogen-bond donors (Lipinski definition) is 1. The van der Waals surface area contributed by atoms with Crippen LogP contribution < -0.4 is 5.32 Å². The van der Waals surface area contributed by atoms with Crippen molar-refractivity contribution in [1.29, 1.82) is 0 Å². The Bertz CT molecular complexity index is 1090. The minimum absolute atomic E-state index is 0.0758. The molecule has 1 rings (SSSR count). The highest BCUT2D eigenvalue weighted by Crippen LogP contribution is 2.28. The summed E-state index contributed by atoms with van der Waals surface area (Å²) in [7, 11) is 0. The second kappa shape index (κ2) is 43.0. The number of unbranched alkanes of at least 4 members (excludes halogenated alkanes) is 18. The van der Waals surface area contributed by atoms with E-state index in [9.17, 15) is 19.2 Å². The summed E-state index contributed by atoms with van der Waals surface area (Å²) >= 11 is 0. The maximum absolute atomic E-state index is 13.7. The van der Waals surface area contributed by atoms with E-state index in [4.69, 9.17) is 14.2 Å². The van der Waals surface area contributed by atoms with Crippen molar-refractivity contribution in [2.24, 2.45) is 0 Å². The molecule has 0 aromatic carbocycles. The fraction of sp³-hybridized carbons (Fsp3) is 0.815. The Morgan fingerprint density at radius 2 is 0.778 bits per heavy atom. The maximum Gasteiger partial charge on any atom is 0.305 e. The van der Waals surface area contributed by atoms with Gasteiger partial charge in [-0.05, 0) is 142 Å². The van der Waals surface area contributed by atoms with E-state index in [2.05, 4.69) is 67.4 Å². The molecule has 364 valence electrons. The topological polar surface area (TPSA) is 111 Å². The lowest BCUT2D eigenvalue weighted by molar-refractivity contribution is -0.145. The van der Waals surface area contributed by atoms with Crippen molar-refractivity contribution < 1.29 is 33.4 Å². The monoisotopic (exact) mass is 885 g/mol. The first-order valence-electron chi connectivity index (χ1n) is 26.3. The number of likely N-dealkylation sites (tertiary alicyclic amines) is 1. The number of piperidine rings is 1. The number of nitrogens with one attached hydrogen (secondary N) is 1. The second-order valence-electron chi connectivity index (χ2n) is 18.1. The molecule has 0 radical (unpaired) electrons. The number of carbonyl (C=O) groups is 4. The van der Waals surface area contributed by atoms with Gasteiger partial charge in [0, 0.05) is 37.8 Å². The van der Waals surface area contributed by atoms with E-state index in [1.807, 2.05) is 0 Å². The molecule has 9 heteroatoms. The molecule has 0 saturated carbocycles. The molecule has 1 aliphatic rings. The molecule has 1 saturated heterocycles. The van der Waals surface area contributed by atoms with E-state index < -0.39 is 5.54 Å².